The van der Waals surface area contributed by atoms with Crippen molar-refractivity contribution < 1.29 is 52.6 Å². The van der Waals surface area contributed by atoms with Crippen LogP contribution in [0.1, 0.15) is 45.5 Å². The number of thioether (sulfide) groups is 1. The fourth-order valence-electron chi connectivity index (χ4n) is 8.06. The van der Waals surface area contributed by atoms with Crippen LogP contribution in [0.5, 0.6) is 0 Å². The van der Waals surface area contributed by atoms with Gasteiger partial charge in [0.1, 0.15) is 18.3 Å². The van der Waals surface area contributed by atoms with E-state index in [4.69, 9.17) is 60.3 Å². The minimum atomic E-state index is -1.96. The molecule has 3 saturated heterocycles. The lowest BCUT2D eigenvalue weighted by Crippen LogP contribution is -2.70. The van der Waals surface area contributed by atoms with Crippen molar-refractivity contribution >= 4 is 53.2 Å². The average molecular weight is 903 g/mol. The summed E-state index contributed by atoms with van der Waals surface area (Å²) in [7, 11) is 0.903. The second-order valence-electron chi connectivity index (χ2n) is 15.5. The molecule has 3 N–H and O–H groups in total. The third kappa shape index (κ3) is 10.9. The van der Waals surface area contributed by atoms with Crippen LogP contribution in [-0.4, -0.2) is 129 Å². The van der Waals surface area contributed by atoms with E-state index in [1.807, 2.05) is 43.5 Å². The molecule has 3 fully saturated rings. The number of alkyl carbamates (subject to hydrolysis) is 1. The second-order valence-corrected chi connectivity index (χ2v) is 23.9. The molecule has 0 spiro atoms. The number of rotatable bonds is 12. The first-order chi connectivity index (χ1) is 28.7. The number of amides is 1. The molecule has 10 unspecified atom stereocenters. The van der Waals surface area contributed by atoms with Crippen LogP contribution in [0.25, 0.3) is 0 Å². The van der Waals surface area contributed by atoms with Crippen LogP contribution in [0.3, 0.4) is 0 Å². The number of carbonyl (C=O) groups excluding carboxylic acids is 2. The molecule has 1 amide bonds. The number of methoxy groups -OCH3 is 2. The molecule has 17 heteroatoms. The quantitative estimate of drug-likeness (QED) is 0.207. The van der Waals surface area contributed by atoms with Crippen molar-refractivity contribution in [1.29, 1.82) is 0 Å². The van der Waals surface area contributed by atoms with Gasteiger partial charge in [-0.2, -0.15) is 11.8 Å². The molecule has 12 atom stereocenters. The summed E-state index contributed by atoms with van der Waals surface area (Å²) in [5, 5.41) is 17.9. The molecule has 3 aliphatic heterocycles. The van der Waals surface area contributed by atoms with Gasteiger partial charge in [0.15, 0.2) is 24.7 Å². The van der Waals surface area contributed by atoms with Gasteiger partial charge >= 0.3 is 6.09 Å². The third-order valence-corrected chi connectivity index (χ3v) is 14.1. The monoisotopic (exact) mass is 902 g/mol. The molecule has 0 radical (unpaired) electrons. The number of hydrogen-bond donors (Lipinski definition) is 3. The van der Waals surface area contributed by atoms with E-state index in [2.05, 4.69) is 48.2 Å². The number of Topliss-reactive ketones (excluding diaryl/α,β-unsaturated/α-hetero) is 1. The highest BCUT2D eigenvalue weighted by atomic mass is 33.1. The molecule has 13 nitrogen and oxygen atoms in total. The number of fused-ring (bicyclic) bond motifs is 2. The van der Waals surface area contributed by atoms with Crippen LogP contribution >= 0.6 is 11.8 Å². The van der Waals surface area contributed by atoms with Crippen molar-refractivity contribution in [2.45, 2.75) is 106 Å². The number of ether oxygens (including phenoxy) is 8. The van der Waals surface area contributed by atoms with E-state index in [9.17, 15) is 14.7 Å². The highest BCUT2D eigenvalue weighted by molar-refractivity contribution is 8.56. The SMILES string of the molecule is COC(=O)NC1=C2C#C/C=C\C#C[C@H](OC3OC(C)C4(SC)COC(c5ccccc5)OC4C3OC3CC(OC)C(NC(C)C)CO3)C2/C(=C\CS(C)(=S)=S)[C@@H](O)CC1=O. The predicted octanol–water partition coefficient (Wildman–Crippen LogP) is 3.62. The molecular weight excluding hydrogens is 849 g/mol. The first-order valence-electron chi connectivity index (χ1n) is 19.8. The fourth-order valence-corrected chi connectivity index (χ4v) is 9.96. The summed E-state index contributed by atoms with van der Waals surface area (Å²) in [5.41, 5.74) is 1.22. The van der Waals surface area contributed by atoms with Crippen molar-refractivity contribution in [2.75, 3.05) is 45.7 Å². The molecule has 0 saturated carbocycles. The summed E-state index contributed by atoms with van der Waals surface area (Å²) < 4.78 is 50.8. The molecule has 6 rings (SSSR count). The van der Waals surface area contributed by atoms with Gasteiger partial charge in [-0.25, -0.2) is 4.79 Å². The van der Waals surface area contributed by atoms with Gasteiger partial charge < -0.3 is 48.3 Å². The number of carbonyl (C=O) groups is 2. The summed E-state index contributed by atoms with van der Waals surface area (Å²) in [5.74, 6) is 10.9. The number of hydrogen-bond acceptors (Lipinski definition) is 15. The Bertz CT molecular complexity index is 2060. The summed E-state index contributed by atoms with van der Waals surface area (Å²) in [6.45, 7) is 6.67. The number of aliphatic hydroxyl groups excluding tert-OH is 1. The van der Waals surface area contributed by atoms with Crippen LogP contribution in [0.2, 0.25) is 0 Å². The van der Waals surface area contributed by atoms with Gasteiger partial charge in [0.25, 0.3) is 0 Å². The third-order valence-electron chi connectivity index (χ3n) is 11.0. The second kappa shape index (κ2) is 20.6. The van der Waals surface area contributed by atoms with Gasteiger partial charge in [0.2, 0.25) is 0 Å². The number of benzene rings is 1. The Morgan fingerprint density at radius 3 is 2.57 bits per heavy atom. The van der Waals surface area contributed by atoms with E-state index in [1.165, 1.54) is 13.2 Å². The molecule has 1 aromatic rings. The minimum absolute atomic E-state index is 0.0681. The zero-order valence-electron chi connectivity index (χ0n) is 34.7. The van der Waals surface area contributed by atoms with Gasteiger partial charge in [-0.3, -0.25) is 10.1 Å². The van der Waals surface area contributed by atoms with Crippen LogP contribution in [0.15, 0.2) is 65.4 Å². The molecule has 0 aromatic heterocycles. The summed E-state index contributed by atoms with van der Waals surface area (Å²) >= 11 is 12.8. The number of nitrogens with one attached hydrogen (secondary N) is 2. The normalized spacial score (nSPS) is 35.6. The maximum Gasteiger partial charge on any atom is 0.411 e. The number of ketones is 1. The maximum absolute atomic E-state index is 13.9. The van der Waals surface area contributed by atoms with Crippen molar-refractivity contribution in [1.82, 2.24) is 10.6 Å². The summed E-state index contributed by atoms with van der Waals surface area (Å²) in [6.07, 6.45) is 0.244. The van der Waals surface area contributed by atoms with Crippen LogP contribution in [-0.2, 0) is 72.2 Å². The van der Waals surface area contributed by atoms with Crippen LogP contribution in [0, 0.1) is 29.6 Å². The lowest BCUT2D eigenvalue weighted by molar-refractivity contribution is -0.369. The Labute approximate surface area is 366 Å². The van der Waals surface area contributed by atoms with Gasteiger partial charge in [-0.15, -0.1) is 0 Å². The van der Waals surface area contributed by atoms with Crippen molar-refractivity contribution in [3.8, 4) is 23.7 Å². The van der Waals surface area contributed by atoms with Crippen molar-refractivity contribution in [3.63, 3.8) is 0 Å². The van der Waals surface area contributed by atoms with Crippen molar-refractivity contribution in [2.24, 2.45) is 5.92 Å². The molecule has 326 valence electrons. The van der Waals surface area contributed by atoms with E-state index >= 15 is 0 Å². The van der Waals surface area contributed by atoms with Gasteiger partial charge in [0, 0.05) is 42.9 Å². The van der Waals surface area contributed by atoms with Crippen LogP contribution < -0.4 is 10.6 Å². The predicted molar refractivity (Wildman–Crippen MR) is 235 cm³/mol. The minimum Gasteiger partial charge on any atom is -0.453 e. The lowest BCUT2D eigenvalue weighted by atomic mass is 9.83. The van der Waals surface area contributed by atoms with Gasteiger partial charge in [-0.05, 0) is 59.5 Å². The van der Waals surface area contributed by atoms with E-state index in [0.29, 0.717) is 18.6 Å². The Morgan fingerprint density at radius 2 is 1.88 bits per heavy atom. The van der Waals surface area contributed by atoms with E-state index < -0.39 is 79.1 Å². The van der Waals surface area contributed by atoms with E-state index in [-0.39, 0.29) is 48.2 Å². The van der Waals surface area contributed by atoms with Crippen molar-refractivity contribution in [3.05, 3.63) is 71.0 Å². The topological polar surface area (TPSA) is 152 Å². The van der Waals surface area contributed by atoms with Gasteiger partial charge in [-0.1, -0.05) is 81.1 Å². The zero-order chi connectivity index (χ0) is 43.2. The first kappa shape index (κ1) is 46.8. The van der Waals surface area contributed by atoms with Crippen LogP contribution in [0.4, 0.5) is 4.79 Å². The maximum atomic E-state index is 13.9. The molecule has 2 aliphatic carbocycles. The number of aliphatic hydroxyl groups is 1. The fraction of sp³-hybridized carbons (Fsp3) is 0.581. The largest absolute Gasteiger partial charge is 0.453 e. The highest BCUT2D eigenvalue weighted by Gasteiger charge is 2.61. The molecule has 60 heavy (non-hydrogen) atoms. The number of allylic oxidation sites excluding steroid dienone is 3. The smallest absolute Gasteiger partial charge is 0.411 e. The Morgan fingerprint density at radius 1 is 1.13 bits per heavy atom. The average Bonchev–Trinajstić information content (AvgIpc) is 3.26. The first-order valence-corrected chi connectivity index (χ1v) is 25.1. The molecule has 5 aliphatic rings. The van der Waals surface area contributed by atoms with Gasteiger partial charge in [0.05, 0.1) is 61.0 Å². The molecule has 1 aromatic carbocycles. The highest BCUT2D eigenvalue weighted by Crippen LogP contribution is 2.49. The standard InChI is InChI=1S/C43H54N2O11S4/c1-25(2)44-30-23-51-35(22-34(30)49-4)55-38-39-43(59-6,24-52-40(56-39)27-15-11-10-12-16-27)26(3)53-41(38)54-33-18-14-9-8-13-17-29-36(33)28(19-20-60(7,57)58)31(46)21-32(47)37(29)45-42(48)50-5/h8-12,15-16,19,25-26,30-31,33-36,38-41,44,46H,20-24H2,1-7H3,(H,45,48)/b9-8-,28-19-/t26?,30?,31-,33-,34?,35?,36?,38?,39?,40?,41?,43?/m0/s1. The lowest BCUT2D eigenvalue weighted by Gasteiger charge is -2.56. The summed E-state index contributed by atoms with van der Waals surface area (Å²) in [4.78, 5) is 26.6. The molecule has 0 bridgehead atoms. The zero-order valence-corrected chi connectivity index (χ0v) is 38.0. The van der Waals surface area contributed by atoms with E-state index in [1.54, 1.807) is 37.3 Å². The Kier molecular flexibility index (Phi) is 16.1. The summed E-state index contributed by atoms with van der Waals surface area (Å²) in [6, 6.07) is 9.80. The Balaban J connectivity index is 1.47. The molecular formula is C43H54N2O11S4. The molecule has 3 heterocycles. The van der Waals surface area contributed by atoms with E-state index in [0.717, 1.165) is 5.56 Å². The Hall–Kier alpha value is -2.72.